The van der Waals surface area contributed by atoms with E-state index in [1.54, 1.807) is 18.3 Å². The van der Waals surface area contributed by atoms with Crippen LogP contribution in [0.5, 0.6) is 0 Å². The fourth-order valence-corrected chi connectivity index (χ4v) is 2.37. The van der Waals surface area contributed by atoms with E-state index in [1.165, 1.54) is 11.8 Å². The molecule has 1 aromatic heterocycles. The topological polar surface area (TPSA) is 74.7 Å². The molecule has 1 heterocycles. The normalized spacial score (nSPS) is 9.63. The SMILES string of the molecule is N#Cc1cccnc1Sc1ccc(NC(N)=S)cc1. The van der Waals surface area contributed by atoms with Crippen LogP contribution >= 0.6 is 24.0 Å². The fraction of sp³-hybridized carbons (Fsp3) is 0. The van der Waals surface area contributed by atoms with Crippen molar-refractivity contribution in [2.45, 2.75) is 9.92 Å². The number of hydrogen-bond donors (Lipinski definition) is 2. The standard InChI is InChI=1S/C13H10N4S2/c14-8-9-2-1-7-16-12(9)19-11-5-3-10(4-6-11)17-13(15)18/h1-7H,(H3,15,17,18). The molecule has 0 unspecified atom stereocenters. The number of anilines is 1. The maximum absolute atomic E-state index is 9.00. The minimum atomic E-state index is 0.233. The zero-order valence-electron chi connectivity index (χ0n) is 9.83. The van der Waals surface area contributed by atoms with Gasteiger partial charge in [-0.15, -0.1) is 0 Å². The van der Waals surface area contributed by atoms with Crippen LogP contribution in [-0.4, -0.2) is 10.1 Å². The van der Waals surface area contributed by atoms with Crippen LogP contribution in [0.4, 0.5) is 5.69 Å². The molecule has 2 rings (SSSR count). The number of nitrogens with zero attached hydrogens (tertiary/aromatic N) is 2. The molecule has 94 valence electrons. The van der Waals surface area contributed by atoms with Crippen molar-refractivity contribution in [1.29, 1.82) is 5.26 Å². The molecule has 3 N–H and O–H groups in total. The average molecular weight is 286 g/mol. The Kier molecular flexibility index (Phi) is 4.34. The first-order chi connectivity index (χ1) is 9.19. The van der Waals surface area contributed by atoms with Crippen LogP contribution in [0.2, 0.25) is 0 Å². The fourth-order valence-electron chi connectivity index (χ4n) is 1.42. The van der Waals surface area contributed by atoms with E-state index in [1.807, 2.05) is 24.3 Å². The Morgan fingerprint density at radius 2 is 2.05 bits per heavy atom. The lowest BCUT2D eigenvalue weighted by Crippen LogP contribution is -2.18. The predicted molar refractivity (Wildman–Crippen MR) is 79.9 cm³/mol. The maximum Gasteiger partial charge on any atom is 0.168 e. The number of nitrogens with two attached hydrogens (primary N) is 1. The van der Waals surface area contributed by atoms with Gasteiger partial charge < -0.3 is 11.1 Å². The summed E-state index contributed by atoms with van der Waals surface area (Å²) in [4.78, 5) is 5.19. The Labute approximate surface area is 120 Å². The third kappa shape index (κ3) is 3.68. The molecule has 2 aromatic rings. The summed E-state index contributed by atoms with van der Waals surface area (Å²) in [6, 6.07) is 13.2. The number of pyridine rings is 1. The van der Waals surface area contributed by atoms with Gasteiger partial charge in [0.15, 0.2) is 5.11 Å². The average Bonchev–Trinajstić information content (AvgIpc) is 2.41. The van der Waals surface area contributed by atoms with Crippen molar-refractivity contribution in [3.63, 3.8) is 0 Å². The molecule has 1 aromatic carbocycles. The van der Waals surface area contributed by atoms with Crippen molar-refractivity contribution in [2.24, 2.45) is 5.73 Å². The lowest BCUT2D eigenvalue weighted by molar-refractivity contribution is 1.11. The number of rotatable bonds is 3. The van der Waals surface area contributed by atoms with Gasteiger partial charge in [-0.25, -0.2) is 4.98 Å². The summed E-state index contributed by atoms with van der Waals surface area (Å²) in [5.74, 6) is 0. The first kappa shape index (κ1) is 13.3. The summed E-state index contributed by atoms with van der Waals surface area (Å²) < 4.78 is 0. The van der Waals surface area contributed by atoms with Gasteiger partial charge in [0.05, 0.1) is 5.56 Å². The van der Waals surface area contributed by atoms with E-state index < -0.39 is 0 Å². The van der Waals surface area contributed by atoms with E-state index >= 15 is 0 Å². The molecule has 0 fully saturated rings. The molecule has 0 atom stereocenters. The van der Waals surface area contributed by atoms with Crippen LogP contribution in [-0.2, 0) is 0 Å². The zero-order valence-corrected chi connectivity index (χ0v) is 11.5. The molecule has 0 saturated heterocycles. The summed E-state index contributed by atoms with van der Waals surface area (Å²) in [6.45, 7) is 0. The number of nitriles is 1. The smallest absolute Gasteiger partial charge is 0.168 e. The monoisotopic (exact) mass is 286 g/mol. The van der Waals surface area contributed by atoms with E-state index in [9.17, 15) is 0 Å². The molecule has 19 heavy (non-hydrogen) atoms. The molecule has 4 nitrogen and oxygen atoms in total. The molecule has 0 amide bonds. The molecular weight excluding hydrogens is 276 g/mol. The second-order valence-corrected chi connectivity index (χ2v) is 5.09. The van der Waals surface area contributed by atoms with Gasteiger partial charge in [0.2, 0.25) is 0 Å². The van der Waals surface area contributed by atoms with E-state index in [0.717, 1.165) is 10.6 Å². The van der Waals surface area contributed by atoms with Gasteiger partial charge in [0.25, 0.3) is 0 Å². The third-order valence-corrected chi connectivity index (χ3v) is 3.36. The number of nitrogens with one attached hydrogen (secondary N) is 1. The summed E-state index contributed by atoms with van der Waals surface area (Å²) in [5.41, 5.74) is 6.79. The molecule has 0 bridgehead atoms. The first-order valence-corrected chi connectivity index (χ1v) is 6.61. The van der Waals surface area contributed by atoms with Gasteiger partial charge >= 0.3 is 0 Å². The van der Waals surface area contributed by atoms with Crippen LogP contribution < -0.4 is 11.1 Å². The third-order valence-electron chi connectivity index (χ3n) is 2.23. The van der Waals surface area contributed by atoms with Crippen molar-refractivity contribution >= 4 is 34.8 Å². The summed E-state index contributed by atoms with van der Waals surface area (Å²) >= 11 is 6.20. The predicted octanol–water partition coefficient (Wildman–Crippen LogP) is 2.76. The van der Waals surface area contributed by atoms with Crippen molar-refractivity contribution in [3.8, 4) is 6.07 Å². The maximum atomic E-state index is 9.00. The highest BCUT2D eigenvalue weighted by Crippen LogP contribution is 2.29. The first-order valence-electron chi connectivity index (χ1n) is 5.38. The highest BCUT2D eigenvalue weighted by molar-refractivity contribution is 7.99. The minimum Gasteiger partial charge on any atom is -0.376 e. The zero-order chi connectivity index (χ0) is 13.7. The van der Waals surface area contributed by atoms with Crippen molar-refractivity contribution < 1.29 is 0 Å². The Balaban J connectivity index is 2.16. The largest absolute Gasteiger partial charge is 0.376 e. The molecular formula is C13H10N4S2. The Morgan fingerprint density at radius 3 is 2.68 bits per heavy atom. The van der Waals surface area contributed by atoms with Crippen LogP contribution in [0.15, 0.2) is 52.5 Å². The van der Waals surface area contributed by atoms with Gasteiger partial charge in [-0.1, -0.05) is 11.8 Å². The van der Waals surface area contributed by atoms with Crippen LogP contribution in [0.25, 0.3) is 0 Å². The lowest BCUT2D eigenvalue weighted by Gasteiger charge is -2.05. The Morgan fingerprint density at radius 1 is 1.32 bits per heavy atom. The molecule has 0 aliphatic rings. The van der Waals surface area contributed by atoms with Gasteiger partial charge in [-0.2, -0.15) is 5.26 Å². The molecule has 0 aliphatic heterocycles. The number of benzene rings is 1. The molecule has 6 heteroatoms. The second kappa shape index (κ2) is 6.18. The summed E-state index contributed by atoms with van der Waals surface area (Å²) in [6.07, 6.45) is 1.67. The van der Waals surface area contributed by atoms with Crippen LogP contribution in [0.1, 0.15) is 5.56 Å². The van der Waals surface area contributed by atoms with Gasteiger partial charge in [0, 0.05) is 16.8 Å². The Bertz CT molecular complexity index is 632. The Hall–Kier alpha value is -2.10. The second-order valence-electron chi connectivity index (χ2n) is 3.58. The van der Waals surface area contributed by atoms with Crippen molar-refractivity contribution in [3.05, 3.63) is 48.2 Å². The van der Waals surface area contributed by atoms with Crippen molar-refractivity contribution in [2.75, 3.05) is 5.32 Å². The molecule has 0 saturated carbocycles. The number of hydrogen-bond acceptors (Lipinski definition) is 4. The number of aromatic nitrogens is 1. The highest BCUT2D eigenvalue weighted by atomic mass is 32.2. The summed E-state index contributed by atoms with van der Waals surface area (Å²) in [5, 5.41) is 12.8. The van der Waals surface area contributed by atoms with E-state index in [4.69, 9.17) is 23.2 Å². The van der Waals surface area contributed by atoms with E-state index in [0.29, 0.717) is 10.6 Å². The van der Waals surface area contributed by atoms with E-state index in [2.05, 4.69) is 16.4 Å². The lowest BCUT2D eigenvalue weighted by atomic mass is 10.3. The quantitative estimate of drug-likeness (QED) is 0.845. The van der Waals surface area contributed by atoms with Crippen molar-refractivity contribution in [1.82, 2.24) is 4.98 Å². The molecule has 0 aliphatic carbocycles. The minimum absolute atomic E-state index is 0.233. The van der Waals surface area contributed by atoms with Gasteiger partial charge in [-0.05, 0) is 48.6 Å². The highest BCUT2D eigenvalue weighted by Gasteiger charge is 2.04. The molecule has 0 spiro atoms. The van der Waals surface area contributed by atoms with Gasteiger partial charge in [-0.3, -0.25) is 0 Å². The number of thiocarbonyl (C=S) groups is 1. The molecule has 0 radical (unpaired) electrons. The van der Waals surface area contributed by atoms with Crippen LogP contribution in [0.3, 0.4) is 0 Å². The van der Waals surface area contributed by atoms with E-state index in [-0.39, 0.29) is 5.11 Å². The summed E-state index contributed by atoms with van der Waals surface area (Å²) in [7, 11) is 0. The van der Waals surface area contributed by atoms with Crippen LogP contribution in [0, 0.1) is 11.3 Å². The van der Waals surface area contributed by atoms with Gasteiger partial charge in [0.1, 0.15) is 11.1 Å².